The van der Waals surface area contributed by atoms with Crippen molar-refractivity contribution >= 4 is 11.5 Å². The van der Waals surface area contributed by atoms with E-state index in [0.29, 0.717) is 0 Å². The molecule has 3 aromatic rings. The summed E-state index contributed by atoms with van der Waals surface area (Å²) in [4.78, 5) is 4.77. The van der Waals surface area contributed by atoms with Crippen LogP contribution in [0.3, 0.4) is 0 Å². The van der Waals surface area contributed by atoms with E-state index in [-0.39, 0.29) is 0 Å². The zero-order valence-electron chi connectivity index (χ0n) is 14.8. The lowest BCUT2D eigenvalue weighted by Gasteiger charge is -2.30. The minimum absolute atomic E-state index is 0.481. The molecule has 2 heterocycles. The fraction of sp³-hybridized carbons (Fsp3) is 0.333. The predicted octanol–water partition coefficient (Wildman–Crippen LogP) is 2.54. The summed E-state index contributed by atoms with van der Waals surface area (Å²) in [6.07, 6.45) is 2.02. The Hall–Kier alpha value is -2.44. The van der Waals surface area contributed by atoms with Crippen molar-refractivity contribution < 1.29 is 0 Å². The van der Waals surface area contributed by atoms with Gasteiger partial charge in [-0.25, -0.2) is 9.50 Å². The Bertz CT molecular complexity index is 849. The van der Waals surface area contributed by atoms with Crippen molar-refractivity contribution in [1.82, 2.24) is 25.2 Å². The molecule has 24 heavy (non-hydrogen) atoms. The Morgan fingerprint density at radius 1 is 1.04 bits per heavy atom. The second-order valence-electron chi connectivity index (χ2n) is 6.12. The molecule has 6 nitrogen and oxygen atoms in total. The van der Waals surface area contributed by atoms with Gasteiger partial charge in [-0.2, -0.15) is 0 Å². The van der Waals surface area contributed by atoms with E-state index < -0.39 is 5.79 Å². The first-order chi connectivity index (χ1) is 11.5. The standard InChI is InChI=1S/C18H24N6/c1-12-11-24-17(21-13(12)2)15(14-9-7-6-8-10-14)16(23-24)22-18(3,19-4)20-5/h6-11,19-20H,1-5H3,(H,22,23). The molecule has 126 valence electrons. The number of anilines is 1. The quantitative estimate of drug-likeness (QED) is 0.629. The summed E-state index contributed by atoms with van der Waals surface area (Å²) in [5.41, 5.74) is 5.05. The number of aromatic nitrogens is 3. The van der Waals surface area contributed by atoms with Crippen LogP contribution >= 0.6 is 0 Å². The lowest BCUT2D eigenvalue weighted by Crippen LogP contribution is -2.57. The van der Waals surface area contributed by atoms with Crippen molar-refractivity contribution in [2.24, 2.45) is 0 Å². The molecule has 0 bridgehead atoms. The molecular weight excluding hydrogens is 300 g/mol. The number of rotatable bonds is 5. The molecule has 3 rings (SSSR count). The van der Waals surface area contributed by atoms with E-state index in [1.807, 2.05) is 63.8 Å². The summed E-state index contributed by atoms with van der Waals surface area (Å²) in [6.45, 7) is 6.09. The fourth-order valence-corrected chi connectivity index (χ4v) is 2.59. The van der Waals surface area contributed by atoms with Crippen LogP contribution in [0.5, 0.6) is 0 Å². The van der Waals surface area contributed by atoms with Gasteiger partial charge < -0.3 is 5.32 Å². The third-order valence-electron chi connectivity index (χ3n) is 4.48. The molecule has 0 aliphatic carbocycles. The van der Waals surface area contributed by atoms with Crippen molar-refractivity contribution in [2.45, 2.75) is 26.6 Å². The minimum atomic E-state index is -0.481. The van der Waals surface area contributed by atoms with Crippen LogP contribution in [-0.4, -0.2) is 34.5 Å². The number of fused-ring (bicyclic) bond motifs is 1. The first-order valence-electron chi connectivity index (χ1n) is 8.05. The van der Waals surface area contributed by atoms with Gasteiger partial charge in [-0.05, 0) is 46.0 Å². The van der Waals surface area contributed by atoms with Crippen molar-refractivity contribution in [3.8, 4) is 11.1 Å². The second kappa shape index (κ2) is 6.22. The highest BCUT2D eigenvalue weighted by atomic mass is 15.4. The van der Waals surface area contributed by atoms with Crippen LogP contribution in [0.1, 0.15) is 18.2 Å². The average Bonchev–Trinajstić information content (AvgIpc) is 2.92. The van der Waals surface area contributed by atoms with Crippen LogP contribution in [0, 0.1) is 13.8 Å². The smallest absolute Gasteiger partial charge is 0.165 e. The molecule has 0 aliphatic rings. The fourth-order valence-electron chi connectivity index (χ4n) is 2.59. The van der Waals surface area contributed by atoms with Crippen LogP contribution in [0.2, 0.25) is 0 Å². The first-order valence-corrected chi connectivity index (χ1v) is 8.05. The largest absolute Gasteiger partial charge is 0.338 e. The van der Waals surface area contributed by atoms with E-state index in [9.17, 15) is 0 Å². The maximum Gasteiger partial charge on any atom is 0.165 e. The van der Waals surface area contributed by atoms with Crippen LogP contribution in [-0.2, 0) is 0 Å². The predicted molar refractivity (Wildman–Crippen MR) is 98.0 cm³/mol. The van der Waals surface area contributed by atoms with Gasteiger partial charge in [0, 0.05) is 11.9 Å². The topological polar surface area (TPSA) is 66.3 Å². The normalized spacial score (nSPS) is 11.9. The molecule has 0 radical (unpaired) electrons. The Kier molecular flexibility index (Phi) is 4.26. The van der Waals surface area contributed by atoms with Crippen molar-refractivity contribution in [2.75, 3.05) is 19.4 Å². The highest BCUT2D eigenvalue weighted by Crippen LogP contribution is 2.32. The summed E-state index contributed by atoms with van der Waals surface area (Å²) in [7, 11) is 3.79. The molecule has 1 aromatic carbocycles. The van der Waals surface area contributed by atoms with E-state index in [4.69, 9.17) is 10.1 Å². The average molecular weight is 324 g/mol. The third kappa shape index (κ3) is 2.86. The zero-order chi connectivity index (χ0) is 17.3. The van der Waals surface area contributed by atoms with Gasteiger partial charge in [0.1, 0.15) is 5.79 Å². The van der Waals surface area contributed by atoms with E-state index >= 15 is 0 Å². The summed E-state index contributed by atoms with van der Waals surface area (Å²) in [5, 5.41) is 14.7. The minimum Gasteiger partial charge on any atom is -0.338 e. The van der Waals surface area contributed by atoms with Gasteiger partial charge in [0.15, 0.2) is 11.5 Å². The number of nitrogens with zero attached hydrogens (tertiary/aromatic N) is 3. The first kappa shape index (κ1) is 16.4. The van der Waals surface area contributed by atoms with Crippen molar-refractivity contribution in [3.05, 3.63) is 47.8 Å². The van der Waals surface area contributed by atoms with E-state index in [1.165, 1.54) is 0 Å². The zero-order valence-corrected chi connectivity index (χ0v) is 14.8. The number of hydrogen-bond donors (Lipinski definition) is 3. The highest BCUT2D eigenvalue weighted by molar-refractivity contribution is 5.87. The highest BCUT2D eigenvalue weighted by Gasteiger charge is 2.24. The van der Waals surface area contributed by atoms with Gasteiger partial charge in [0.05, 0.1) is 5.56 Å². The SMILES string of the molecule is CNC(C)(NC)Nc1nn2cc(C)c(C)nc2c1-c1ccccc1. The molecule has 0 saturated heterocycles. The number of nitrogens with one attached hydrogen (secondary N) is 3. The van der Waals surface area contributed by atoms with Gasteiger partial charge in [0.2, 0.25) is 0 Å². The molecule has 0 saturated carbocycles. The molecule has 2 aromatic heterocycles. The Labute approximate surface area is 142 Å². The molecule has 0 spiro atoms. The van der Waals surface area contributed by atoms with E-state index in [0.717, 1.165) is 33.8 Å². The maximum absolute atomic E-state index is 4.77. The van der Waals surface area contributed by atoms with Gasteiger partial charge in [-0.1, -0.05) is 30.3 Å². The molecule has 3 N–H and O–H groups in total. The summed E-state index contributed by atoms with van der Waals surface area (Å²) in [6, 6.07) is 10.2. The van der Waals surface area contributed by atoms with Gasteiger partial charge in [-0.3, -0.25) is 10.6 Å². The second-order valence-corrected chi connectivity index (χ2v) is 6.12. The van der Waals surface area contributed by atoms with Crippen LogP contribution in [0.15, 0.2) is 36.5 Å². The Balaban J connectivity index is 2.24. The van der Waals surface area contributed by atoms with Gasteiger partial charge >= 0.3 is 0 Å². The van der Waals surface area contributed by atoms with Crippen molar-refractivity contribution in [1.29, 1.82) is 0 Å². The molecule has 0 unspecified atom stereocenters. The molecule has 6 heteroatoms. The van der Waals surface area contributed by atoms with Gasteiger partial charge in [0.25, 0.3) is 0 Å². The Morgan fingerprint density at radius 3 is 2.33 bits per heavy atom. The number of benzene rings is 1. The third-order valence-corrected chi connectivity index (χ3v) is 4.48. The monoisotopic (exact) mass is 324 g/mol. The van der Waals surface area contributed by atoms with Crippen molar-refractivity contribution in [3.63, 3.8) is 0 Å². The lowest BCUT2D eigenvalue weighted by molar-refractivity contribution is 0.376. The molecule has 0 atom stereocenters. The number of aryl methyl sites for hydroxylation is 2. The van der Waals surface area contributed by atoms with E-state index in [2.05, 4.69) is 28.1 Å². The molecular formula is C18H24N6. The summed E-state index contributed by atoms with van der Waals surface area (Å²) >= 11 is 0. The van der Waals surface area contributed by atoms with Gasteiger partial charge in [-0.15, -0.1) is 5.10 Å². The lowest BCUT2D eigenvalue weighted by atomic mass is 10.1. The summed E-state index contributed by atoms with van der Waals surface area (Å²) in [5.74, 6) is 0.302. The summed E-state index contributed by atoms with van der Waals surface area (Å²) < 4.78 is 1.85. The maximum atomic E-state index is 4.77. The van der Waals surface area contributed by atoms with Crippen LogP contribution in [0.4, 0.5) is 5.82 Å². The Morgan fingerprint density at radius 2 is 1.71 bits per heavy atom. The van der Waals surface area contributed by atoms with Crippen LogP contribution in [0.25, 0.3) is 16.8 Å². The number of hydrogen-bond acceptors (Lipinski definition) is 5. The van der Waals surface area contributed by atoms with E-state index in [1.54, 1.807) is 0 Å². The molecule has 0 amide bonds. The molecule has 0 fully saturated rings. The van der Waals surface area contributed by atoms with Crippen LogP contribution < -0.4 is 16.0 Å². The molecule has 0 aliphatic heterocycles.